The highest BCUT2D eigenvalue weighted by atomic mass is 32.1. The summed E-state index contributed by atoms with van der Waals surface area (Å²) in [7, 11) is 4.45. The number of nitrogens with zero attached hydrogens (tertiary/aromatic N) is 2. The van der Waals surface area contributed by atoms with Crippen LogP contribution in [0.5, 0.6) is 0 Å². The molecular weight excluding hydrogens is 348 g/mol. The van der Waals surface area contributed by atoms with Crippen molar-refractivity contribution >= 4 is 17.3 Å². The lowest BCUT2D eigenvalue weighted by Gasteiger charge is -2.48. The van der Waals surface area contributed by atoms with E-state index in [0.717, 1.165) is 61.1 Å². The number of carbonyl (C=O) groups excluding carboxylic acids is 1. The van der Waals surface area contributed by atoms with Crippen molar-refractivity contribution in [1.29, 1.82) is 0 Å². The summed E-state index contributed by atoms with van der Waals surface area (Å²) in [6, 6.07) is 3.78. The largest absolute Gasteiger partial charge is 0.454 e. The van der Waals surface area contributed by atoms with Gasteiger partial charge in [0.25, 0.3) is 0 Å². The second kappa shape index (κ2) is 6.89. The summed E-state index contributed by atoms with van der Waals surface area (Å²) in [4.78, 5) is 16.3. The zero-order chi connectivity index (χ0) is 18.4. The Morgan fingerprint density at radius 2 is 2.12 bits per heavy atom. The third-order valence-corrected chi connectivity index (χ3v) is 7.97. The fraction of sp³-hybridized carbons (Fsp3) is 0.750. The maximum Gasteiger partial charge on any atom is 0.344 e. The number of aliphatic hydroxyl groups is 1. The lowest BCUT2D eigenvalue weighted by atomic mass is 9.84. The number of thiophene rings is 1. The minimum absolute atomic E-state index is 0.0197. The number of quaternary nitrogens is 1. The van der Waals surface area contributed by atoms with Crippen molar-refractivity contribution < 1.29 is 19.1 Å². The van der Waals surface area contributed by atoms with Gasteiger partial charge in [-0.3, -0.25) is 4.90 Å². The van der Waals surface area contributed by atoms with Crippen molar-refractivity contribution in [3.8, 4) is 0 Å². The fourth-order valence-electron chi connectivity index (χ4n) is 5.29. The Balaban J connectivity index is 1.47. The Morgan fingerprint density at radius 3 is 2.69 bits per heavy atom. The summed E-state index contributed by atoms with van der Waals surface area (Å²) in [5.74, 6) is -0.444. The monoisotopic (exact) mass is 379 g/mol. The van der Waals surface area contributed by atoms with Gasteiger partial charge in [-0.2, -0.15) is 0 Å². The fourth-order valence-corrected chi connectivity index (χ4v) is 6.18. The van der Waals surface area contributed by atoms with Crippen molar-refractivity contribution in [3.05, 3.63) is 22.4 Å². The summed E-state index contributed by atoms with van der Waals surface area (Å²) in [5.41, 5.74) is -1.47. The summed E-state index contributed by atoms with van der Waals surface area (Å²) in [6.07, 6.45) is 6.52. The quantitative estimate of drug-likeness (QED) is 0.631. The number of hydrogen-bond acceptors (Lipinski definition) is 5. The normalized spacial score (nSPS) is 35.2. The molecule has 0 spiro atoms. The van der Waals surface area contributed by atoms with Crippen LogP contribution in [0, 0.1) is 5.92 Å². The molecule has 0 radical (unpaired) electrons. The Bertz CT molecular complexity index is 645. The van der Waals surface area contributed by atoms with Gasteiger partial charge < -0.3 is 14.3 Å². The molecule has 1 aromatic rings. The molecule has 0 bridgehead atoms. The van der Waals surface area contributed by atoms with Crippen molar-refractivity contribution in [2.75, 3.05) is 33.7 Å². The van der Waals surface area contributed by atoms with Crippen LogP contribution in [0.15, 0.2) is 17.5 Å². The molecule has 4 rings (SSSR count). The van der Waals surface area contributed by atoms with Crippen molar-refractivity contribution in [3.63, 3.8) is 0 Å². The first-order chi connectivity index (χ1) is 12.4. The van der Waals surface area contributed by atoms with E-state index in [-0.39, 0.29) is 12.0 Å². The van der Waals surface area contributed by atoms with Crippen molar-refractivity contribution in [1.82, 2.24) is 4.90 Å². The maximum atomic E-state index is 13.2. The van der Waals surface area contributed by atoms with E-state index in [1.165, 1.54) is 17.8 Å². The molecule has 3 aliphatic rings. The predicted molar refractivity (Wildman–Crippen MR) is 102 cm³/mol. The first kappa shape index (κ1) is 18.4. The predicted octanol–water partition coefficient (Wildman–Crippen LogP) is 2.55. The van der Waals surface area contributed by atoms with E-state index in [1.807, 2.05) is 17.5 Å². The first-order valence-corrected chi connectivity index (χ1v) is 10.8. The zero-order valence-corrected chi connectivity index (χ0v) is 16.7. The highest BCUT2D eigenvalue weighted by Crippen LogP contribution is 2.43. The Morgan fingerprint density at radius 1 is 1.35 bits per heavy atom. The molecular formula is C20H31N2O3S+. The van der Waals surface area contributed by atoms with Crippen LogP contribution in [-0.4, -0.2) is 66.5 Å². The Kier molecular flexibility index (Phi) is 4.88. The molecule has 26 heavy (non-hydrogen) atoms. The molecule has 3 fully saturated rings. The van der Waals surface area contributed by atoms with Crippen molar-refractivity contribution in [2.45, 2.75) is 56.4 Å². The second-order valence-corrected chi connectivity index (χ2v) is 9.62. The lowest BCUT2D eigenvalue weighted by Crippen LogP contribution is -2.64. The van der Waals surface area contributed by atoms with Gasteiger partial charge in [0, 0.05) is 30.2 Å². The van der Waals surface area contributed by atoms with Crippen LogP contribution in [0.4, 0.5) is 0 Å². The molecule has 2 unspecified atom stereocenters. The third kappa shape index (κ3) is 3.01. The number of likely N-dealkylation sites (N-methyl/N-ethyl adjacent to an activating group) is 1. The average Bonchev–Trinajstić information content (AvgIpc) is 3.35. The van der Waals surface area contributed by atoms with E-state index in [4.69, 9.17) is 4.74 Å². The van der Waals surface area contributed by atoms with E-state index >= 15 is 0 Å². The topological polar surface area (TPSA) is 49.8 Å². The molecule has 2 aliphatic heterocycles. The second-order valence-electron chi connectivity index (χ2n) is 8.68. The number of carbonyl (C=O) groups is 1. The summed E-state index contributed by atoms with van der Waals surface area (Å²) in [6.45, 7) is 3.04. The maximum absolute atomic E-state index is 13.2. The molecule has 4 atom stereocenters. The zero-order valence-electron chi connectivity index (χ0n) is 15.9. The number of hydrogen-bond donors (Lipinski definition) is 1. The number of esters is 1. The van der Waals surface area contributed by atoms with E-state index < -0.39 is 11.6 Å². The number of ether oxygens (including phenoxy) is 1. The van der Waals surface area contributed by atoms with Crippen LogP contribution >= 0.6 is 11.3 Å². The molecule has 144 valence electrons. The van der Waals surface area contributed by atoms with Gasteiger partial charge in [-0.15, -0.1) is 11.3 Å². The smallest absolute Gasteiger partial charge is 0.344 e. The molecule has 1 N–H and O–H groups in total. The molecule has 0 aromatic carbocycles. The highest BCUT2D eigenvalue weighted by molar-refractivity contribution is 7.10. The van der Waals surface area contributed by atoms with E-state index in [9.17, 15) is 9.90 Å². The van der Waals surface area contributed by atoms with E-state index in [0.29, 0.717) is 6.17 Å². The van der Waals surface area contributed by atoms with Crippen LogP contribution in [0.25, 0.3) is 0 Å². The minimum atomic E-state index is -1.47. The van der Waals surface area contributed by atoms with Gasteiger partial charge in [-0.25, -0.2) is 4.79 Å². The lowest BCUT2D eigenvalue weighted by molar-refractivity contribution is -0.941. The van der Waals surface area contributed by atoms with Crippen molar-refractivity contribution in [2.24, 2.45) is 5.92 Å². The first-order valence-electron chi connectivity index (χ1n) is 9.95. The van der Waals surface area contributed by atoms with Gasteiger partial charge in [0.1, 0.15) is 12.7 Å². The summed E-state index contributed by atoms with van der Waals surface area (Å²) in [5, 5.41) is 13.4. The molecule has 2 saturated heterocycles. The average molecular weight is 380 g/mol. The van der Waals surface area contributed by atoms with Crippen LogP contribution in [0.1, 0.15) is 43.4 Å². The van der Waals surface area contributed by atoms with E-state index in [1.54, 1.807) is 0 Å². The van der Waals surface area contributed by atoms with Gasteiger partial charge in [-0.05, 0) is 31.3 Å². The van der Waals surface area contributed by atoms with E-state index in [2.05, 4.69) is 19.0 Å². The van der Waals surface area contributed by atoms with Gasteiger partial charge in [0.05, 0.1) is 13.6 Å². The molecule has 3 heterocycles. The van der Waals surface area contributed by atoms with Gasteiger partial charge in [0.2, 0.25) is 0 Å². The number of likely N-dealkylation sites (tertiary alicyclic amines) is 2. The molecule has 5 nitrogen and oxygen atoms in total. The molecule has 6 heteroatoms. The van der Waals surface area contributed by atoms with Crippen LogP contribution in [0.2, 0.25) is 0 Å². The molecule has 1 aliphatic carbocycles. The molecule has 1 saturated carbocycles. The third-order valence-electron chi connectivity index (χ3n) is 6.98. The summed E-state index contributed by atoms with van der Waals surface area (Å²) >= 11 is 1.46. The van der Waals surface area contributed by atoms with Gasteiger partial charge in [0.15, 0.2) is 11.7 Å². The van der Waals surface area contributed by atoms with Crippen LogP contribution in [-0.2, 0) is 15.1 Å². The van der Waals surface area contributed by atoms with Gasteiger partial charge >= 0.3 is 5.97 Å². The Hall–Kier alpha value is -0.950. The van der Waals surface area contributed by atoms with Crippen LogP contribution in [0.3, 0.4) is 0 Å². The molecule has 0 amide bonds. The SMILES string of the molecule is CN1CCC1[N+]1(C)CC[C@H](OC(=O)[C@@](O)(c2cccs2)C2CCCC2)C1. The number of rotatable bonds is 5. The Labute approximate surface area is 160 Å². The summed E-state index contributed by atoms with van der Waals surface area (Å²) < 4.78 is 6.90. The van der Waals surface area contributed by atoms with Gasteiger partial charge in [-0.1, -0.05) is 18.9 Å². The van der Waals surface area contributed by atoms with Crippen LogP contribution < -0.4 is 0 Å². The molecule has 1 aromatic heterocycles. The highest BCUT2D eigenvalue weighted by Gasteiger charge is 2.52. The standard InChI is InChI=1S/C20H31N2O3S/c1-21-11-9-18(21)22(2)12-10-16(14-22)25-19(23)20(24,15-6-3-4-7-15)17-8-5-13-26-17/h5,8,13,15-16,18,24H,3-4,6-7,9-12,14H2,1-2H3/q+1/t16-,18?,20-,22?/m0/s1. The minimum Gasteiger partial charge on any atom is -0.454 e.